The highest BCUT2D eigenvalue weighted by atomic mass is 35.5. The lowest BCUT2D eigenvalue weighted by atomic mass is 9.89. The van der Waals surface area contributed by atoms with Crippen molar-refractivity contribution < 1.29 is 14.1 Å². The summed E-state index contributed by atoms with van der Waals surface area (Å²) in [5, 5.41) is 1.86. The molecule has 2 heterocycles. The monoisotopic (exact) mass is 396 g/mol. The molecule has 2 aliphatic rings. The van der Waals surface area contributed by atoms with E-state index in [1.165, 1.54) is 21.6 Å². The van der Waals surface area contributed by atoms with E-state index in [1.807, 2.05) is 19.1 Å². The minimum atomic E-state index is -0.170. The minimum absolute atomic E-state index is 0.170. The maximum atomic E-state index is 12.5. The Kier molecular flexibility index (Phi) is 4.41. The normalized spacial score (nSPS) is 18.4. The predicted octanol–water partition coefficient (Wildman–Crippen LogP) is 3.57. The Hall–Kier alpha value is -2.30. The van der Waals surface area contributed by atoms with Gasteiger partial charge in [0.1, 0.15) is 24.4 Å². The lowest BCUT2D eigenvalue weighted by Crippen LogP contribution is -3.10. The number of nitrogens with one attached hydrogen (secondary N) is 1. The molecule has 28 heavy (non-hydrogen) atoms. The third-order valence-corrected chi connectivity index (χ3v) is 6.25. The van der Waals surface area contributed by atoms with Crippen LogP contribution in [0.5, 0.6) is 5.75 Å². The quantitative estimate of drug-likeness (QED) is 0.673. The van der Waals surface area contributed by atoms with E-state index in [9.17, 15) is 4.79 Å². The van der Waals surface area contributed by atoms with Crippen molar-refractivity contribution >= 4 is 22.6 Å². The van der Waals surface area contributed by atoms with E-state index in [2.05, 4.69) is 18.2 Å². The number of halogens is 1. The molecule has 5 heteroatoms. The smallest absolute Gasteiger partial charge is 0.339 e. The molecule has 1 unspecified atom stereocenters. The van der Waals surface area contributed by atoms with Crippen molar-refractivity contribution in [1.29, 1.82) is 0 Å². The molecule has 0 radical (unpaired) electrons. The number of ether oxygens (including phenoxy) is 1. The number of quaternary nitrogens is 1. The molecule has 0 spiro atoms. The molecular formula is C23H23ClNO3+. The molecule has 2 aromatic carbocycles. The summed E-state index contributed by atoms with van der Waals surface area (Å²) >= 11 is 6.00. The average Bonchev–Trinajstić information content (AvgIpc) is 2.71. The van der Waals surface area contributed by atoms with E-state index in [4.69, 9.17) is 20.8 Å². The van der Waals surface area contributed by atoms with Crippen molar-refractivity contribution in [2.45, 2.75) is 45.7 Å². The van der Waals surface area contributed by atoms with Gasteiger partial charge in [0.2, 0.25) is 6.73 Å². The van der Waals surface area contributed by atoms with Crippen molar-refractivity contribution in [3.63, 3.8) is 0 Å². The fourth-order valence-corrected chi connectivity index (χ4v) is 4.75. The van der Waals surface area contributed by atoms with E-state index in [-0.39, 0.29) is 5.63 Å². The Bertz CT molecular complexity index is 1120. The van der Waals surface area contributed by atoms with Crippen LogP contribution in [0, 0.1) is 6.92 Å². The van der Waals surface area contributed by atoms with Gasteiger partial charge in [-0.15, -0.1) is 0 Å². The Morgan fingerprint density at radius 3 is 2.64 bits per heavy atom. The number of hydrogen-bond donors (Lipinski definition) is 1. The van der Waals surface area contributed by atoms with E-state index >= 15 is 0 Å². The zero-order valence-electron chi connectivity index (χ0n) is 15.9. The van der Waals surface area contributed by atoms with Gasteiger partial charge >= 0.3 is 5.63 Å². The first kappa shape index (κ1) is 17.8. The molecule has 0 saturated carbocycles. The van der Waals surface area contributed by atoms with Crippen LogP contribution in [0.1, 0.15) is 40.7 Å². The van der Waals surface area contributed by atoms with Gasteiger partial charge in [0.15, 0.2) is 0 Å². The number of benzene rings is 2. The molecule has 1 aromatic heterocycles. The van der Waals surface area contributed by atoms with Gasteiger partial charge in [-0.1, -0.05) is 23.7 Å². The SMILES string of the molecule is Cc1c2c(cc3c4c(c(=O)oc13)CCCC4)C[NH+](Cc1ccc(Cl)cc1)CO2. The Labute approximate surface area is 168 Å². The summed E-state index contributed by atoms with van der Waals surface area (Å²) in [6.45, 7) is 4.37. The zero-order chi connectivity index (χ0) is 19.3. The molecular weight excluding hydrogens is 374 g/mol. The highest BCUT2D eigenvalue weighted by Crippen LogP contribution is 2.36. The molecule has 1 aliphatic carbocycles. The summed E-state index contributed by atoms with van der Waals surface area (Å²) in [5.41, 5.74) is 5.98. The summed E-state index contributed by atoms with van der Waals surface area (Å²) in [6, 6.07) is 10.2. The van der Waals surface area contributed by atoms with E-state index < -0.39 is 0 Å². The van der Waals surface area contributed by atoms with Crippen molar-refractivity contribution in [2.24, 2.45) is 0 Å². The van der Waals surface area contributed by atoms with E-state index in [0.29, 0.717) is 12.3 Å². The van der Waals surface area contributed by atoms with Gasteiger partial charge in [0.05, 0.1) is 0 Å². The fraction of sp³-hybridized carbons (Fsp3) is 0.348. The molecule has 0 amide bonds. The van der Waals surface area contributed by atoms with Gasteiger partial charge in [-0.25, -0.2) is 4.79 Å². The lowest BCUT2D eigenvalue weighted by molar-refractivity contribution is -0.945. The molecule has 144 valence electrons. The van der Waals surface area contributed by atoms with E-state index in [0.717, 1.165) is 66.1 Å². The van der Waals surface area contributed by atoms with Crippen LogP contribution in [0.15, 0.2) is 39.5 Å². The van der Waals surface area contributed by atoms with Crippen LogP contribution in [-0.4, -0.2) is 6.73 Å². The first-order chi connectivity index (χ1) is 13.6. The van der Waals surface area contributed by atoms with Gasteiger partial charge in [-0.2, -0.15) is 0 Å². The first-order valence-corrected chi connectivity index (χ1v) is 10.3. The second-order valence-corrected chi connectivity index (χ2v) is 8.38. The molecule has 3 aromatic rings. The van der Waals surface area contributed by atoms with Gasteiger partial charge in [-0.3, -0.25) is 4.90 Å². The van der Waals surface area contributed by atoms with Crippen LogP contribution in [-0.2, 0) is 25.9 Å². The maximum Gasteiger partial charge on any atom is 0.339 e. The molecule has 0 saturated heterocycles. The van der Waals surface area contributed by atoms with Crippen molar-refractivity contribution in [1.82, 2.24) is 0 Å². The van der Waals surface area contributed by atoms with Crippen molar-refractivity contribution in [3.8, 4) is 5.75 Å². The fourth-order valence-electron chi connectivity index (χ4n) is 4.62. The predicted molar refractivity (Wildman–Crippen MR) is 109 cm³/mol. The molecule has 5 rings (SSSR count). The zero-order valence-corrected chi connectivity index (χ0v) is 16.7. The third-order valence-electron chi connectivity index (χ3n) is 6.00. The number of fused-ring (bicyclic) bond motifs is 4. The summed E-state index contributed by atoms with van der Waals surface area (Å²) in [7, 11) is 0. The number of rotatable bonds is 2. The average molecular weight is 397 g/mol. The van der Waals surface area contributed by atoms with Crippen molar-refractivity contribution in [2.75, 3.05) is 6.73 Å². The van der Waals surface area contributed by atoms with Gasteiger partial charge in [-0.05, 0) is 56.4 Å². The van der Waals surface area contributed by atoms with Gasteiger partial charge in [0, 0.05) is 32.7 Å². The van der Waals surface area contributed by atoms with Crippen LogP contribution in [0.25, 0.3) is 11.0 Å². The maximum absolute atomic E-state index is 12.5. The molecule has 4 nitrogen and oxygen atoms in total. The molecule has 1 atom stereocenters. The van der Waals surface area contributed by atoms with Crippen LogP contribution in [0.3, 0.4) is 0 Å². The summed E-state index contributed by atoms with van der Waals surface area (Å²) in [4.78, 5) is 13.8. The second kappa shape index (κ2) is 6.94. The largest absolute Gasteiger partial charge is 0.444 e. The molecule has 0 fully saturated rings. The third kappa shape index (κ3) is 3.01. The highest BCUT2D eigenvalue weighted by molar-refractivity contribution is 6.30. The van der Waals surface area contributed by atoms with Gasteiger partial charge in [0.25, 0.3) is 0 Å². The summed E-state index contributed by atoms with van der Waals surface area (Å²) in [5.74, 6) is 0.881. The summed E-state index contributed by atoms with van der Waals surface area (Å²) < 4.78 is 11.9. The van der Waals surface area contributed by atoms with Gasteiger partial charge < -0.3 is 9.15 Å². The molecule has 0 bridgehead atoms. The Morgan fingerprint density at radius 2 is 1.86 bits per heavy atom. The Balaban J connectivity index is 1.54. The first-order valence-electron chi connectivity index (χ1n) is 9.92. The Morgan fingerprint density at radius 1 is 1.11 bits per heavy atom. The van der Waals surface area contributed by atoms with Crippen LogP contribution in [0.2, 0.25) is 5.02 Å². The number of hydrogen-bond acceptors (Lipinski definition) is 3. The standard InChI is InChI=1S/C23H22ClNO3/c1-14-21-16(12-25(13-27-21)11-15-6-8-17(24)9-7-15)10-20-18-4-2-3-5-19(18)23(26)28-22(14)20/h6-10H,2-5,11-13H2,1H3/p+1. The van der Waals surface area contributed by atoms with Crippen LogP contribution < -0.4 is 15.3 Å². The highest BCUT2D eigenvalue weighted by Gasteiger charge is 2.27. The minimum Gasteiger partial charge on any atom is -0.444 e. The topological polar surface area (TPSA) is 43.9 Å². The molecule has 1 N–H and O–H groups in total. The molecule has 1 aliphatic heterocycles. The second-order valence-electron chi connectivity index (χ2n) is 7.94. The number of aryl methyl sites for hydroxylation is 2. The summed E-state index contributed by atoms with van der Waals surface area (Å²) in [6.07, 6.45) is 3.98. The van der Waals surface area contributed by atoms with E-state index in [1.54, 1.807) is 0 Å². The van der Waals surface area contributed by atoms with Crippen LogP contribution >= 0.6 is 11.6 Å². The van der Waals surface area contributed by atoms with Crippen molar-refractivity contribution in [3.05, 3.63) is 73.6 Å². The van der Waals surface area contributed by atoms with Crippen LogP contribution in [0.4, 0.5) is 0 Å². The lowest BCUT2D eigenvalue weighted by Gasteiger charge is -2.28.